The van der Waals surface area contributed by atoms with E-state index in [2.05, 4.69) is 5.32 Å². The highest BCUT2D eigenvalue weighted by Gasteiger charge is 2.31. The molecule has 0 saturated heterocycles. The van der Waals surface area contributed by atoms with E-state index in [1.807, 2.05) is 32.9 Å². The van der Waals surface area contributed by atoms with Gasteiger partial charge in [-0.05, 0) is 54.7 Å². The van der Waals surface area contributed by atoms with Crippen LogP contribution in [0, 0.1) is 12.8 Å². The number of carbonyl (C=O) groups excluding carboxylic acids is 2. The van der Waals surface area contributed by atoms with Crippen molar-refractivity contribution in [3.8, 4) is 5.75 Å². The first-order valence-electron chi connectivity index (χ1n) is 11.8. The molecule has 198 valence electrons. The van der Waals surface area contributed by atoms with Gasteiger partial charge in [-0.2, -0.15) is 0 Å². The molecule has 2 rings (SSSR count). The van der Waals surface area contributed by atoms with Crippen LogP contribution in [0.5, 0.6) is 5.75 Å². The third kappa shape index (κ3) is 8.13. The van der Waals surface area contributed by atoms with Crippen molar-refractivity contribution in [3.05, 3.63) is 58.6 Å². The van der Waals surface area contributed by atoms with E-state index in [0.717, 1.165) is 21.7 Å². The van der Waals surface area contributed by atoms with Crippen molar-refractivity contribution in [3.63, 3.8) is 0 Å². The van der Waals surface area contributed by atoms with Gasteiger partial charge in [-0.15, -0.1) is 0 Å². The number of nitrogens with zero attached hydrogens (tertiary/aromatic N) is 2. The van der Waals surface area contributed by atoms with E-state index in [1.165, 1.54) is 11.0 Å². The molecule has 0 aliphatic rings. The number of hydrogen-bond donors (Lipinski definition) is 1. The van der Waals surface area contributed by atoms with Gasteiger partial charge in [0.2, 0.25) is 21.8 Å². The van der Waals surface area contributed by atoms with E-state index in [1.54, 1.807) is 38.3 Å². The summed E-state index contributed by atoms with van der Waals surface area (Å²) in [5.41, 5.74) is 1.85. The molecular weight excluding hydrogens is 502 g/mol. The maximum absolute atomic E-state index is 13.7. The monoisotopic (exact) mass is 537 g/mol. The van der Waals surface area contributed by atoms with E-state index >= 15 is 0 Å². The van der Waals surface area contributed by atoms with Gasteiger partial charge >= 0.3 is 0 Å². The number of rotatable bonds is 12. The van der Waals surface area contributed by atoms with Crippen LogP contribution in [0.1, 0.15) is 38.3 Å². The summed E-state index contributed by atoms with van der Waals surface area (Å²) >= 11 is 6.23. The molecule has 1 atom stereocenters. The second-order valence-corrected chi connectivity index (χ2v) is 11.4. The number of anilines is 1. The lowest BCUT2D eigenvalue weighted by atomic mass is 10.1. The number of benzene rings is 2. The minimum Gasteiger partial charge on any atom is -0.497 e. The molecule has 0 aliphatic carbocycles. The van der Waals surface area contributed by atoms with Crippen LogP contribution in [-0.4, -0.2) is 57.6 Å². The Labute approximate surface area is 219 Å². The van der Waals surface area contributed by atoms with Gasteiger partial charge in [0.05, 0.1) is 19.1 Å². The zero-order valence-electron chi connectivity index (χ0n) is 21.7. The van der Waals surface area contributed by atoms with Gasteiger partial charge in [0, 0.05) is 18.1 Å². The third-order valence-corrected chi connectivity index (χ3v) is 7.25. The van der Waals surface area contributed by atoms with Crippen LogP contribution in [-0.2, 0) is 26.2 Å². The first-order chi connectivity index (χ1) is 16.9. The predicted molar refractivity (Wildman–Crippen MR) is 144 cm³/mol. The largest absolute Gasteiger partial charge is 0.497 e. The molecule has 2 aromatic carbocycles. The summed E-state index contributed by atoms with van der Waals surface area (Å²) in [5, 5.41) is 3.29. The molecule has 0 unspecified atom stereocenters. The van der Waals surface area contributed by atoms with Crippen molar-refractivity contribution in [2.45, 2.75) is 46.7 Å². The number of hydrogen-bond acceptors (Lipinski definition) is 5. The normalized spacial score (nSPS) is 12.2. The van der Waals surface area contributed by atoms with Crippen molar-refractivity contribution in [2.75, 3.05) is 30.8 Å². The van der Waals surface area contributed by atoms with Crippen LogP contribution in [0.3, 0.4) is 0 Å². The van der Waals surface area contributed by atoms with Crippen LogP contribution in [0.4, 0.5) is 5.69 Å². The van der Waals surface area contributed by atoms with Gasteiger partial charge in [-0.1, -0.05) is 50.6 Å². The number of amides is 2. The average molecular weight is 538 g/mol. The van der Waals surface area contributed by atoms with Crippen LogP contribution in [0.25, 0.3) is 0 Å². The van der Waals surface area contributed by atoms with Crippen molar-refractivity contribution in [1.29, 1.82) is 0 Å². The first-order valence-corrected chi connectivity index (χ1v) is 14.0. The number of aryl methyl sites for hydroxylation is 1. The highest BCUT2D eigenvalue weighted by molar-refractivity contribution is 7.92. The Morgan fingerprint density at radius 1 is 1.11 bits per heavy atom. The maximum atomic E-state index is 13.7. The molecule has 0 aromatic heterocycles. The highest BCUT2D eigenvalue weighted by atomic mass is 35.5. The van der Waals surface area contributed by atoms with E-state index in [9.17, 15) is 18.0 Å². The highest BCUT2D eigenvalue weighted by Crippen LogP contribution is 2.25. The molecule has 10 heteroatoms. The van der Waals surface area contributed by atoms with Gasteiger partial charge in [-0.25, -0.2) is 8.42 Å². The Hall–Kier alpha value is -2.78. The topological polar surface area (TPSA) is 96.0 Å². The zero-order chi connectivity index (χ0) is 27.0. The van der Waals surface area contributed by atoms with E-state index in [0.29, 0.717) is 23.7 Å². The lowest BCUT2D eigenvalue weighted by Crippen LogP contribution is -2.52. The molecule has 0 bridgehead atoms. The van der Waals surface area contributed by atoms with Crippen molar-refractivity contribution < 1.29 is 22.7 Å². The Kier molecular flexibility index (Phi) is 10.6. The van der Waals surface area contributed by atoms with Crippen molar-refractivity contribution in [1.82, 2.24) is 10.2 Å². The fourth-order valence-electron chi connectivity index (χ4n) is 3.62. The van der Waals surface area contributed by atoms with Gasteiger partial charge in [0.15, 0.2) is 0 Å². The predicted octanol–water partition coefficient (Wildman–Crippen LogP) is 4.00. The summed E-state index contributed by atoms with van der Waals surface area (Å²) in [6.45, 7) is 7.72. The number of carbonyl (C=O) groups is 2. The van der Waals surface area contributed by atoms with Gasteiger partial charge < -0.3 is 15.0 Å². The maximum Gasteiger partial charge on any atom is 0.244 e. The smallest absolute Gasteiger partial charge is 0.244 e. The van der Waals surface area contributed by atoms with Crippen LogP contribution in [0.2, 0.25) is 5.02 Å². The van der Waals surface area contributed by atoms with Crippen LogP contribution in [0.15, 0.2) is 42.5 Å². The number of methoxy groups -OCH3 is 1. The van der Waals surface area contributed by atoms with E-state index in [-0.39, 0.29) is 24.1 Å². The second-order valence-electron chi connectivity index (χ2n) is 9.14. The summed E-state index contributed by atoms with van der Waals surface area (Å²) in [6, 6.07) is 11.2. The Morgan fingerprint density at radius 2 is 1.75 bits per heavy atom. The van der Waals surface area contributed by atoms with Gasteiger partial charge in [-0.3, -0.25) is 13.9 Å². The molecule has 36 heavy (non-hydrogen) atoms. The molecular formula is C26H36ClN3O5S. The van der Waals surface area contributed by atoms with Gasteiger partial charge in [0.1, 0.15) is 18.3 Å². The molecule has 0 heterocycles. The quantitative estimate of drug-likeness (QED) is 0.441. The molecule has 2 amide bonds. The fraction of sp³-hybridized carbons (Fsp3) is 0.462. The summed E-state index contributed by atoms with van der Waals surface area (Å²) in [4.78, 5) is 28.2. The SMILES string of the molecule is CC[C@@H](C(=O)NCC(C)C)N(Cc1ccc(OC)cc1)C(=O)CN(c1ccc(C)c(Cl)c1)S(C)(=O)=O. The lowest BCUT2D eigenvalue weighted by Gasteiger charge is -2.33. The summed E-state index contributed by atoms with van der Waals surface area (Å²) in [6.07, 6.45) is 1.40. The summed E-state index contributed by atoms with van der Waals surface area (Å²) < 4.78 is 31.6. The summed E-state index contributed by atoms with van der Waals surface area (Å²) in [7, 11) is -2.26. The molecule has 8 nitrogen and oxygen atoms in total. The van der Waals surface area contributed by atoms with E-state index in [4.69, 9.17) is 16.3 Å². The Bertz CT molecular complexity index is 1150. The standard InChI is InChI=1S/C26H36ClN3O5S/c1-7-24(26(32)28-15-18(2)3)29(16-20-9-12-22(35-5)13-10-20)25(31)17-30(36(6,33)34)21-11-8-19(4)23(27)14-21/h8-14,18,24H,7,15-17H2,1-6H3,(H,28,32)/t24-/m0/s1. The second kappa shape index (κ2) is 13.0. The number of halogens is 1. The molecule has 0 aliphatic heterocycles. The van der Waals surface area contributed by atoms with Gasteiger partial charge in [0.25, 0.3) is 0 Å². The lowest BCUT2D eigenvalue weighted by molar-refractivity contribution is -0.140. The van der Waals surface area contributed by atoms with E-state index < -0.39 is 28.5 Å². The molecule has 0 radical (unpaired) electrons. The molecule has 0 fully saturated rings. The Morgan fingerprint density at radius 3 is 2.25 bits per heavy atom. The first kappa shape index (κ1) is 29.5. The van der Waals surface area contributed by atoms with Crippen LogP contribution < -0.4 is 14.4 Å². The Balaban J connectivity index is 2.43. The van der Waals surface area contributed by atoms with Crippen molar-refractivity contribution >= 4 is 39.1 Å². The zero-order valence-corrected chi connectivity index (χ0v) is 23.3. The third-order valence-electron chi connectivity index (χ3n) is 5.71. The number of nitrogens with one attached hydrogen (secondary N) is 1. The summed E-state index contributed by atoms with van der Waals surface area (Å²) in [5.74, 6) is 0.124. The minimum absolute atomic E-state index is 0.128. The average Bonchev–Trinajstić information content (AvgIpc) is 2.82. The van der Waals surface area contributed by atoms with Crippen molar-refractivity contribution in [2.24, 2.45) is 5.92 Å². The molecule has 0 spiro atoms. The fourth-order valence-corrected chi connectivity index (χ4v) is 4.64. The molecule has 2 aromatic rings. The molecule has 0 saturated carbocycles. The minimum atomic E-state index is -3.82. The number of sulfonamides is 1. The van der Waals surface area contributed by atoms with Crippen LogP contribution >= 0.6 is 11.6 Å². The molecule has 1 N–H and O–H groups in total. The number of ether oxygens (including phenoxy) is 1.